The van der Waals surface area contributed by atoms with E-state index in [9.17, 15) is 43.8 Å². The summed E-state index contributed by atoms with van der Waals surface area (Å²) in [5.41, 5.74) is 0. The number of ether oxygens (including phenoxy) is 2. The lowest BCUT2D eigenvalue weighted by atomic mass is 10.0. The van der Waals surface area contributed by atoms with Crippen LogP contribution in [0.2, 0.25) is 0 Å². The van der Waals surface area contributed by atoms with Crippen molar-refractivity contribution in [2.24, 2.45) is 0 Å². The summed E-state index contributed by atoms with van der Waals surface area (Å²) < 4.78 is 53.0. The monoisotopic (exact) mass is 1080 g/mol. The van der Waals surface area contributed by atoms with Gasteiger partial charge in [-0.25, -0.2) is 9.13 Å². The molecule has 0 aromatic heterocycles. The van der Waals surface area contributed by atoms with Gasteiger partial charge < -0.3 is 34.6 Å². The van der Waals surface area contributed by atoms with Gasteiger partial charge in [-0.3, -0.25) is 27.7 Å². The van der Waals surface area contributed by atoms with Crippen molar-refractivity contribution in [2.75, 3.05) is 39.6 Å². The molecule has 0 aliphatic carbocycles. The average molecular weight is 1080 g/mol. The Kier molecular flexibility index (Phi) is 49.5. The molecule has 0 saturated heterocycles. The number of phosphoric ester groups is 2. The van der Waals surface area contributed by atoms with Crippen molar-refractivity contribution in [1.82, 2.24) is 0 Å². The molecule has 0 aromatic rings. The molecule has 5 N–H and O–H groups in total. The lowest BCUT2D eigenvalue weighted by molar-refractivity contribution is -0.147. The molecule has 5 atom stereocenters. The third-order valence-electron chi connectivity index (χ3n) is 10.7. The molecule has 0 bridgehead atoms. The zero-order chi connectivity index (χ0) is 54.5. The smallest absolute Gasteiger partial charge is 0.463 e. The molecule has 15 nitrogen and oxygen atoms in total. The van der Waals surface area contributed by atoms with Crippen LogP contribution in [0.15, 0.2) is 109 Å². The van der Waals surface area contributed by atoms with Crippen molar-refractivity contribution >= 4 is 27.6 Å². The predicted molar refractivity (Wildman–Crippen MR) is 297 cm³/mol. The van der Waals surface area contributed by atoms with Gasteiger partial charge in [0.2, 0.25) is 0 Å². The summed E-state index contributed by atoms with van der Waals surface area (Å²) in [6, 6.07) is 0. The van der Waals surface area contributed by atoms with Crippen LogP contribution < -0.4 is 0 Å². The molecule has 5 unspecified atom stereocenters. The fourth-order valence-corrected chi connectivity index (χ4v) is 8.15. The first kappa shape index (κ1) is 70.7. The number of aliphatic hydroxyl groups is 3. The molecule has 424 valence electrons. The molecule has 74 heavy (non-hydrogen) atoms. The number of rotatable bonds is 51. The van der Waals surface area contributed by atoms with Crippen molar-refractivity contribution in [3.63, 3.8) is 0 Å². The molecular formula is C57H96O15P2. The van der Waals surface area contributed by atoms with Crippen LogP contribution in [0.1, 0.15) is 181 Å². The molecule has 0 heterocycles. The summed E-state index contributed by atoms with van der Waals surface area (Å²) >= 11 is 0. The second kappa shape index (κ2) is 51.8. The van der Waals surface area contributed by atoms with Crippen LogP contribution in [0.5, 0.6) is 0 Å². The molecular weight excluding hydrogens is 987 g/mol. The van der Waals surface area contributed by atoms with E-state index in [1.165, 1.54) is 70.6 Å². The van der Waals surface area contributed by atoms with E-state index < -0.39 is 85.5 Å². The molecule has 0 aliphatic heterocycles. The van der Waals surface area contributed by atoms with E-state index in [2.05, 4.69) is 112 Å². The summed E-state index contributed by atoms with van der Waals surface area (Å²) in [4.78, 5) is 43.9. The molecule has 0 radical (unpaired) electrons. The van der Waals surface area contributed by atoms with E-state index in [0.29, 0.717) is 12.8 Å². The van der Waals surface area contributed by atoms with Crippen molar-refractivity contribution < 1.29 is 71.4 Å². The van der Waals surface area contributed by atoms with E-state index in [1.54, 1.807) is 12.2 Å². The van der Waals surface area contributed by atoms with Crippen LogP contribution in [0.3, 0.4) is 0 Å². The SMILES string of the molecule is CC/C=C\C/C=C\C/C=C\C/C=C\C/C=C\C/C=C\C/C=C\CC(=O)OCC(O)COP(=O)(O)OCC(O)COP(=O)(O)OCC(O)COC(=O)CCCCCCCCCCCCC/C=C\C/C=C\CCCCC. The number of unbranched alkanes of at least 4 members (excludes halogenated alkanes) is 14. The molecule has 0 saturated carbocycles. The number of hydrogen-bond acceptors (Lipinski definition) is 13. The standard InChI is InChI=1S/C57H96O15P2/c1-3-5-7-9-11-13-15-17-19-21-23-25-27-29-31-33-35-37-39-41-43-45-56(61)67-47-53(58)49-69-73(63,64)71-51-55(60)52-72-74(65,66)70-50-54(59)48-68-57(62)46-44-42-40-38-36-34-32-30-28-26-24-22-20-18-16-14-12-10-8-6-4-2/h5,7,11-14,17-20,23,25,29,31,35,37,41,43,53-55,58-60H,3-4,6,8-10,15-16,21-22,24,26-28,30,32-34,36,38-40,42,44-52H2,1-2H3,(H,63,64)(H,65,66)/b7-5-,13-11-,14-12-,19-17-,20-18-,25-23-,31-29-,37-35-,43-41-. The fourth-order valence-electron chi connectivity index (χ4n) is 6.56. The van der Waals surface area contributed by atoms with E-state index in [1.807, 2.05) is 12.2 Å². The summed E-state index contributed by atoms with van der Waals surface area (Å²) in [5, 5.41) is 30.1. The largest absolute Gasteiger partial charge is 0.472 e. The zero-order valence-electron chi connectivity index (χ0n) is 45.0. The van der Waals surface area contributed by atoms with Gasteiger partial charge in [0.05, 0.1) is 32.8 Å². The maximum atomic E-state index is 12.2. The maximum absolute atomic E-state index is 12.2. The molecule has 0 aromatic carbocycles. The van der Waals surface area contributed by atoms with Gasteiger partial charge in [-0.1, -0.05) is 194 Å². The minimum absolute atomic E-state index is 0.0439. The Bertz CT molecular complexity index is 1740. The van der Waals surface area contributed by atoms with Crippen LogP contribution in [0, 0.1) is 0 Å². The Morgan fingerprint density at radius 2 is 0.676 bits per heavy atom. The van der Waals surface area contributed by atoms with Crippen LogP contribution in [0.25, 0.3) is 0 Å². The summed E-state index contributed by atoms with van der Waals surface area (Å²) in [6.45, 7) is 0.160. The van der Waals surface area contributed by atoms with Gasteiger partial charge in [0.1, 0.15) is 31.5 Å². The topological polar surface area (TPSA) is 225 Å². The second-order valence-electron chi connectivity index (χ2n) is 17.9. The highest BCUT2D eigenvalue weighted by molar-refractivity contribution is 7.47. The van der Waals surface area contributed by atoms with Crippen LogP contribution in [-0.4, -0.2) is 95.0 Å². The summed E-state index contributed by atoms with van der Waals surface area (Å²) in [6.07, 6.45) is 59.5. The van der Waals surface area contributed by atoms with Crippen molar-refractivity contribution in [2.45, 2.75) is 199 Å². The maximum Gasteiger partial charge on any atom is 0.472 e. The highest BCUT2D eigenvalue weighted by Gasteiger charge is 2.28. The Hall–Kier alpha value is -3.30. The first-order valence-corrected chi connectivity index (χ1v) is 30.2. The summed E-state index contributed by atoms with van der Waals surface area (Å²) in [7, 11) is -9.62. The minimum Gasteiger partial charge on any atom is -0.463 e. The highest BCUT2D eigenvalue weighted by atomic mass is 31.2. The molecule has 17 heteroatoms. The van der Waals surface area contributed by atoms with Crippen molar-refractivity contribution in [1.29, 1.82) is 0 Å². The number of carbonyl (C=O) groups excluding carboxylic acids is 2. The van der Waals surface area contributed by atoms with Crippen LogP contribution in [-0.2, 0) is 46.3 Å². The van der Waals surface area contributed by atoms with Gasteiger partial charge in [0.15, 0.2) is 0 Å². The van der Waals surface area contributed by atoms with E-state index in [-0.39, 0.29) is 12.8 Å². The number of carbonyl (C=O) groups is 2. The number of hydrogen-bond donors (Lipinski definition) is 5. The zero-order valence-corrected chi connectivity index (χ0v) is 46.8. The van der Waals surface area contributed by atoms with E-state index in [0.717, 1.165) is 70.6 Å². The minimum atomic E-state index is -4.82. The lowest BCUT2D eigenvalue weighted by Crippen LogP contribution is -2.25. The summed E-state index contributed by atoms with van der Waals surface area (Å²) in [5.74, 6) is -1.13. The highest BCUT2D eigenvalue weighted by Crippen LogP contribution is 2.45. The average Bonchev–Trinajstić information content (AvgIpc) is 3.38. The van der Waals surface area contributed by atoms with Crippen LogP contribution >= 0.6 is 15.6 Å². The van der Waals surface area contributed by atoms with E-state index >= 15 is 0 Å². The Morgan fingerprint density at radius 1 is 0.378 bits per heavy atom. The van der Waals surface area contributed by atoms with Crippen molar-refractivity contribution in [3.8, 4) is 0 Å². The lowest BCUT2D eigenvalue weighted by Gasteiger charge is -2.19. The Balaban J connectivity index is 3.93. The van der Waals surface area contributed by atoms with Gasteiger partial charge >= 0.3 is 27.6 Å². The van der Waals surface area contributed by atoms with E-state index in [4.69, 9.17) is 14.0 Å². The normalized spacial score (nSPS) is 15.6. The second-order valence-corrected chi connectivity index (χ2v) is 20.8. The predicted octanol–water partition coefficient (Wildman–Crippen LogP) is 13.6. The van der Waals surface area contributed by atoms with Gasteiger partial charge in [0.25, 0.3) is 0 Å². The Morgan fingerprint density at radius 3 is 1.05 bits per heavy atom. The molecule has 0 rings (SSSR count). The Labute approximate surface area is 445 Å². The first-order chi connectivity index (χ1) is 35.8. The first-order valence-electron chi connectivity index (χ1n) is 27.2. The van der Waals surface area contributed by atoms with Gasteiger partial charge in [0, 0.05) is 6.42 Å². The van der Waals surface area contributed by atoms with Gasteiger partial charge in [-0.2, -0.15) is 0 Å². The van der Waals surface area contributed by atoms with Gasteiger partial charge in [-0.05, 0) is 83.5 Å². The molecule has 0 spiro atoms. The van der Waals surface area contributed by atoms with Gasteiger partial charge in [-0.15, -0.1) is 0 Å². The molecule has 0 aliphatic rings. The number of aliphatic hydroxyl groups excluding tert-OH is 3. The quantitative estimate of drug-likeness (QED) is 0.0165. The molecule has 0 amide bonds. The number of esters is 2. The fraction of sp³-hybridized carbons (Fsp3) is 0.649. The number of phosphoric acid groups is 2. The third-order valence-corrected chi connectivity index (χ3v) is 12.6. The number of allylic oxidation sites excluding steroid dienone is 17. The molecule has 0 fully saturated rings. The van der Waals surface area contributed by atoms with Crippen molar-refractivity contribution in [3.05, 3.63) is 109 Å². The van der Waals surface area contributed by atoms with Crippen LogP contribution in [0.4, 0.5) is 0 Å². The third kappa shape index (κ3) is 53.5.